The van der Waals surface area contributed by atoms with Crippen molar-refractivity contribution in [3.05, 3.63) is 40.8 Å². The van der Waals surface area contributed by atoms with E-state index < -0.39 is 23.8 Å². The largest absolute Gasteiger partial charge is 0.490 e. The molecule has 1 N–H and O–H groups in total. The normalized spacial score (nSPS) is 24.5. The number of anilines is 1. The van der Waals surface area contributed by atoms with Crippen LogP contribution in [0.3, 0.4) is 0 Å². The number of pyridine rings is 1. The molecule has 2 fully saturated rings. The average molecular weight is 532 g/mol. The lowest BCUT2D eigenvalue weighted by molar-refractivity contribution is -0.116. The number of amides is 2. The first kappa shape index (κ1) is 24.8. The summed E-state index contributed by atoms with van der Waals surface area (Å²) in [5.74, 6) is -3.63. The molecule has 11 heteroatoms. The summed E-state index contributed by atoms with van der Waals surface area (Å²) in [4.78, 5) is 31.4. The number of alkyl halides is 2. The minimum atomic E-state index is -2.75. The number of nitrogens with one attached hydrogen (secondary N) is 1. The van der Waals surface area contributed by atoms with Crippen LogP contribution in [0.25, 0.3) is 0 Å². The van der Waals surface area contributed by atoms with Crippen molar-refractivity contribution in [2.24, 2.45) is 0 Å². The van der Waals surface area contributed by atoms with E-state index in [0.29, 0.717) is 30.8 Å². The van der Waals surface area contributed by atoms with E-state index in [-0.39, 0.29) is 79.5 Å². The Hall–Kier alpha value is -3.50. The van der Waals surface area contributed by atoms with Gasteiger partial charge in [-0.2, -0.15) is 0 Å². The molecule has 2 amide bonds. The van der Waals surface area contributed by atoms with Gasteiger partial charge in [0.15, 0.2) is 11.6 Å². The van der Waals surface area contributed by atoms with Crippen molar-refractivity contribution < 1.29 is 37.0 Å². The smallest absolute Gasteiger partial charge is 0.262 e. The van der Waals surface area contributed by atoms with Gasteiger partial charge in [-0.1, -0.05) is 0 Å². The molecule has 1 aliphatic carbocycles. The lowest BCUT2D eigenvalue weighted by Crippen LogP contribution is -2.37. The molecule has 38 heavy (non-hydrogen) atoms. The van der Waals surface area contributed by atoms with Gasteiger partial charge in [-0.15, -0.1) is 0 Å². The minimum Gasteiger partial charge on any atom is -0.490 e. The number of hydrogen-bond acceptors (Lipinski definition) is 6. The van der Waals surface area contributed by atoms with Crippen molar-refractivity contribution >= 4 is 17.5 Å². The molecule has 0 spiro atoms. The zero-order chi connectivity index (χ0) is 26.6. The minimum absolute atomic E-state index is 0.0248. The number of rotatable bonds is 4. The fourth-order valence-electron chi connectivity index (χ4n) is 5.63. The lowest BCUT2D eigenvalue weighted by atomic mass is 9.94. The lowest BCUT2D eigenvalue weighted by Gasteiger charge is -2.30. The number of benzene rings is 1. The standard InChI is InChI=1S/C27H28F3N3O5/c1-14-8-20-23(25(24(14)28)38-17-4-6-27(29,30)7-5-17)26(35)33-12-18(9-16(33)13-36-20)37-22-10-19-15(11-31-22)2-3-21(34)32-19/h8,10-11,16-18H,2-7,9,12-13H2,1H3,(H,32,34)/t16-,18+/m1/s1. The van der Waals surface area contributed by atoms with Crippen LogP contribution in [0.5, 0.6) is 17.4 Å². The number of aryl methyl sites for hydroxylation is 2. The second-order valence-corrected chi connectivity index (χ2v) is 10.5. The molecule has 3 aliphatic heterocycles. The van der Waals surface area contributed by atoms with Crippen molar-refractivity contribution in [1.29, 1.82) is 0 Å². The van der Waals surface area contributed by atoms with Crippen molar-refractivity contribution in [3.8, 4) is 17.4 Å². The maximum atomic E-state index is 15.3. The molecule has 6 rings (SSSR count). The highest BCUT2D eigenvalue weighted by atomic mass is 19.3. The summed E-state index contributed by atoms with van der Waals surface area (Å²) < 4.78 is 60.5. The average Bonchev–Trinajstić information content (AvgIpc) is 3.23. The van der Waals surface area contributed by atoms with Gasteiger partial charge in [0.05, 0.1) is 24.4 Å². The summed E-state index contributed by atoms with van der Waals surface area (Å²) >= 11 is 0. The van der Waals surface area contributed by atoms with Crippen LogP contribution in [0.15, 0.2) is 18.3 Å². The molecular weight excluding hydrogens is 503 g/mol. The first-order valence-electron chi connectivity index (χ1n) is 12.9. The molecule has 8 nitrogen and oxygen atoms in total. The zero-order valence-electron chi connectivity index (χ0n) is 20.9. The van der Waals surface area contributed by atoms with E-state index in [0.717, 1.165) is 5.56 Å². The Labute approximate surface area is 217 Å². The molecule has 202 valence electrons. The first-order chi connectivity index (χ1) is 18.2. The van der Waals surface area contributed by atoms with Crippen LogP contribution in [0.1, 0.15) is 60.0 Å². The maximum Gasteiger partial charge on any atom is 0.262 e. The third kappa shape index (κ3) is 4.63. The fraction of sp³-hybridized carbons (Fsp3) is 0.519. The van der Waals surface area contributed by atoms with E-state index in [1.807, 2.05) is 0 Å². The van der Waals surface area contributed by atoms with Gasteiger partial charge in [-0.3, -0.25) is 9.59 Å². The van der Waals surface area contributed by atoms with Crippen molar-refractivity contribution in [3.63, 3.8) is 0 Å². The van der Waals surface area contributed by atoms with Gasteiger partial charge in [0.25, 0.3) is 5.91 Å². The van der Waals surface area contributed by atoms with Crippen molar-refractivity contribution in [2.75, 3.05) is 18.5 Å². The maximum absolute atomic E-state index is 15.3. The Morgan fingerprint density at radius 2 is 1.92 bits per heavy atom. The molecule has 1 aromatic heterocycles. The summed E-state index contributed by atoms with van der Waals surface area (Å²) in [6.07, 6.45) is 1.63. The fourth-order valence-corrected chi connectivity index (χ4v) is 5.63. The molecule has 2 atom stereocenters. The quantitative estimate of drug-likeness (QED) is 0.628. The molecule has 4 heterocycles. The van der Waals surface area contributed by atoms with Gasteiger partial charge in [-0.25, -0.2) is 18.2 Å². The van der Waals surface area contributed by atoms with Crippen LogP contribution in [0.4, 0.5) is 18.9 Å². The Balaban J connectivity index is 1.22. The molecule has 0 unspecified atom stereocenters. The monoisotopic (exact) mass is 531 g/mol. The number of hydrogen-bond donors (Lipinski definition) is 1. The number of halogens is 3. The van der Waals surface area contributed by atoms with Gasteiger partial charge in [0.2, 0.25) is 17.7 Å². The highest BCUT2D eigenvalue weighted by Gasteiger charge is 2.43. The van der Waals surface area contributed by atoms with Gasteiger partial charge >= 0.3 is 0 Å². The van der Waals surface area contributed by atoms with Crippen molar-refractivity contribution in [2.45, 2.75) is 76.0 Å². The Morgan fingerprint density at radius 1 is 1.13 bits per heavy atom. The zero-order valence-corrected chi connectivity index (χ0v) is 20.9. The first-order valence-corrected chi connectivity index (χ1v) is 12.9. The van der Waals surface area contributed by atoms with Gasteiger partial charge in [-0.05, 0) is 43.4 Å². The number of carbonyl (C=O) groups is 2. The van der Waals surface area contributed by atoms with E-state index in [1.165, 1.54) is 6.07 Å². The van der Waals surface area contributed by atoms with E-state index in [1.54, 1.807) is 24.1 Å². The van der Waals surface area contributed by atoms with E-state index in [9.17, 15) is 18.4 Å². The number of fused-ring (bicyclic) bond motifs is 3. The second-order valence-electron chi connectivity index (χ2n) is 10.5. The van der Waals surface area contributed by atoms with Crippen LogP contribution in [0, 0.1) is 12.7 Å². The summed E-state index contributed by atoms with van der Waals surface area (Å²) in [6.45, 7) is 1.96. The van der Waals surface area contributed by atoms with Gasteiger partial charge in [0.1, 0.15) is 24.0 Å². The molecule has 0 radical (unpaired) electrons. The third-order valence-electron chi connectivity index (χ3n) is 7.74. The molecule has 0 bridgehead atoms. The van der Waals surface area contributed by atoms with Crippen molar-refractivity contribution in [1.82, 2.24) is 9.88 Å². The highest BCUT2D eigenvalue weighted by molar-refractivity contribution is 6.00. The molecule has 1 saturated heterocycles. The Morgan fingerprint density at radius 3 is 2.71 bits per heavy atom. The van der Waals surface area contributed by atoms with Crippen LogP contribution in [-0.2, 0) is 11.2 Å². The van der Waals surface area contributed by atoms with Gasteiger partial charge < -0.3 is 24.4 Å². The Kier molecular flexibility index (Phi) is 6.11. The van der Waals surface area contributed by atoms with Gasteiger partial charge in [0, 0.05) is 37.9 Å². The number of ether oxygens (including phenoxy) is 3. The molecule has 1 saturated carbocycles. The topological polar surface area (TPSA) is 90.0 Å². The molecule has 2 aromatic rings. The Bertz CT molecular complexity index is 1290. The van der Waals surface area contributed by atoms with E-state index in [2.05, 4.69) is 10.3 Å². The summed E-state index contributed by atoms with van der Waals surface area (Å²) in [7, 11) is 0. The summed E-state index contributed by atoms with van der Waals surface area (Å²) in [6, 6.07) is 2.84. The third-order valence-corrected chi connectivity index (χ3v) is 7.74. The summed E-state index contributed by atoms with van der Waals surface area (Å²) in [5, 5.41) is 2.82. The summed E-state index contributed by atoms with van der Waals surface area (Å²) in [5.41, 5.74) is 1.83. The van der Waals surface area contributed by atoms with Crippen LogP contribution < -0.4 is 19.5 Å². The second kappa shape index (κ2) is 9.36. The highest BCUT2D eigenvalue weighted by Crippen LogP contribution is 2.42. The van der Waals surface area contributed by atoms with E-state index >= 15 is 4.39 Å². The van der Waals surface area contributed by atoms with Crippen LogP contribution in [-0.4, -0.2) is 59.0 Å². The number of aromatic nitrogens is 1. The number of carbonyl (C=O) groups excluding carboxylic acids is 2. The molecular formula is C27H28F3N3O5. The SMILES string of the molecule is Cc1cc2c(c(OC3CCC(F)(F)CC3)c1F)C(=O)N1C[C@@H](Oc3cc4c(cn3)CCC(=O)N4)C[C@@H]1CO2. The molecule has 1 aromatic carbocycles. The molecule has 4 aliphatic rings. The van der Waals surface area contributed by atoms with E-state index in [4.69, 9.17) is 14.2 Å². The van der Waals surface area contributed by atoms with Crippen LogP contribution in [0.2, 0.25) is 0 Å². The predicted molar refractivity (Wildman–Crippen MR) is 130 cm³/mol. The predicted octanol–water partition coefficient (Wildman–Crippen LogP) is 4.43. The van der Waals surface area contributed by atoms with Crippen LogP contribution >= 0.6 is 0 Å². The number of nitrogens with zero attached hydrogens (tertiary/aromatic N) is 2.